The van der Waals surface area contributed by atoms with Crippen molar-refractivity contribution in [1.82, 2.24) is 5.32 Å². The van der Waals surface area contributed by atoms with Crippen molar-refractivity contribution in [2.75, 3.05) is 7.11 Å². The molecule has 1 atom stereocenters. The standard InChI is InChI=1S/C16H21NO2/c1-11-9-15(13(3)19-11)12(2)17-10-14-7-5-6-8-16(14)18-4/h5-9,12,17H,10H2,1-4H3. The molecule has 1 heterocycles. The minimum atomic E-state index is 0.252. The van der Waals surface area contributed by atoms with E-state index in [9.17, 15) is 0 Å². The Hall–Kier alpha value is -1.74. The van der Waals surface area contributed by atoms with Gasteiger partial charge in [0.25, 0.3) is 0 Å². The first kappa shape index (κ1) is 13.7. The number of benzene rings is 1. The highest BCUT2D eigenvalue weighted by Gasteiger charge is 2.12. The minimum absolute atomic E-state index is 0.252. The number of nitrogens with one attached hydrogen (secondary N) is 1. The molecule has 0 spiro atoms. The lowest BCUT2D eigenvalue weighted by molar-refractivity contribution is 0.406. The summed E-state index contributed by atoms with van der Waals surface area (Å²) in [5.74, 6) is 2.86. The van der Waals surface area contributed by atoms with Crippen molar-refractivity contribution in [3.63, 3.8) is 0 Å². The van der Waals surface area contributed by atoms with Crippen molar-refractivity contribution >= 4 is 0 Å². The molecule has 0 bridgehead atoms. The van der Waals surface area contributed by atoms with Crippen LogP contribution in [0.1, 0.15) is 35.6 Å². The van der Waals surface area contributed by atoms with Crippen LogP contribution >= 0.6 is 0 Å². The quantitative estimate of drug-likeness (QED) is 0.888. The number of furan rings is 1. The lowest BCUT2D eigenvalue weighted by Gasteiger charge is -2.15. The van der Waals surface area contributed by atoms with E-state index in [1.54, 1.807) is 7.11 Å². The normalized spacial score (nSPS) is 12.4. The summed E-state index contributed by atoms with van der Waals surface area (Å²) in [4.78, 5) is 0. The molecule has 0 aliphatic rings. The van der Waals surface area contributed by atoms with Crippen LogP contribution in [0.5, 0.6) is 5.75 Å². The molecule has 0 amide bonds. The molecule has 1 aromatic carbocycles. The van der Waals surface area contributed by atoms with Crippen LogP contribution in [0.2, 0.25) is 0 Å². The third-order valence-corrected chi connectivity index (χ3v) is 3.34. The van der Waals surface area contributed by atoms with Gasteiger partial charge in [-0.3, -0.25) is 0 Å². The average Bonchev–Trinajstić information content (AvgIpc) is 2.75. The second-order valence-electron chi connectivity index (χ2n) is 4.78. The lowest BCUT2D eigenvalue weighted by Crippen LogP contribution is -2.18. The van der Waals surface area contributed by atoms with Gasteiger partial charge >= 0.3 is 0 Å². The molecule has 1 unspecified atom stereocenters. The summed E-state index contributed by atoms with van der Waals surface area (Å²) in [5.41, 5.74) is 2.38. The molecule has 0 fully saturated rings. The van der Waals surface area contributed by atoms with E-state index in [-0.39, 0.29) is 6.04 Å². The zero-order chi connectivity index (χ0) is 13.8. The Kier molecular flexibility index (Phi) is 4.27. The van der Waals surface area contributed by atoms with Crippen LogP contribution in [0.4, 0.5) is 0 Å². The Labute approximate surface area is 114 Å². The van der Waals surface area contributed by atoms with Crippen LogP contribution < -0.4 is 10.1 Å². The molecule has 102 valence electrons. The Morgan fingerprint density at radius 3 is 2.63 bits per heavy atom. The molecule has 0 saturated carbocycles. The monoisotopic (exact) mass is 259 g/mol. The first-order valence-electron chi connectivity index (χ1n) is 6.54. The van der Waals surface area contributed by atoms with Gasteiger partial charge in [-0.05, 0) is 32.9 Å². The molecular formula is C16H21NO2. The first-order valence-corrected chi connectivity index (χ1v) is 6.54. The summed E-state index contributed by atoms with van der Waals surface area (Å²) in [7, 11) is 1.70. The summed E-state index contributed by atoms with van der Waals surface area (Å²) in [5, 5.41) is 3.50. The van der Waals surface area contributed by atoms with Gasteiger partial charge in [0.1, 0.15) is 17.3 Å². The second kappa shape index (κ2) is 5.93. The molecule has 0 radical (unpaired) electrons. The van der Waals surface area contributed by atoms with Crippen molar-refractivity contribution in [3.05, 3.63) is 53.0 Å². The van der Waals surface area contributed by atoms with E-state index in [0.717, 1.165) is 29.4 Å². The third-order valence-electron chi connectivity index (χ3n) is 3.34. The van der Waals surface area contributed by atoms with E-state index in [1.807, 2.05) is 32.0 Å². The highest BCUT2D eigenvalue weighted by molar-refractivity contribution is 5.33. The topological polar surface area (TPSA) is 34.4 Å². The van der Waals surface area contributed by atoms with Crippen molar-refractivity contribution in [3.8, 4) is 5.75 Å². The molecule has 2 aromatic rings. The van der Waals surface area contributed by atoms with Gasteiger partial charge in [-0.25, -0.2) is 0 Å². The average molecular weight is 259 g/mol. The van der Waals surface area contributed by atoms with Crippen LogP contribution in [0.25, 0.3) is 0 Å². The Morgan fingerprint density at radius 1 is 1.26 bits per heavy atom. The maximum Gasteiger partial charge on any atom is 0.123 e. The van der Waals surface area contributed by atoms with E-state index >= 15 is 0 Å². The van der Waals surface area contributed by atoms with Crippen molar-refractivity contribution in [1.29, 1.82) is 0 Å². The van der Waals surface area contributed by atoms with E-state index in [2.05, 4.69) is 24.4 Å². The maximum absolute atomic E-state index is 5.57. The fourth-order valence-electron chi connectivity index (χ4n) is 2.30. The Bertz CT molecular complexity index is 545. The van der Waals surface area contributed by atoms with E-state index in [0.29, 0.717) is 0 Å². The fraction of sp³-hybridized carbons (Fsp3) is 0.375. The Morgan fingerprint density at radius 2 is 2.00 bits per heavy atom. The SMILES string of the molecule is COc1ccccc1CNC(C)c1cc(C)oc1C. The van der Waals surface area contributed by atoms with Gasteiger partial charge in [-0.1, -0.05) is 18.2 Å². The number of hydrogen-bond acceptors (Lipinski definition) is 3. The van der Waals surface area contributed by atoms with Crippen LogP contribution in [0.3, 0.4) is 0 Å². The number of ether oxygens (including phenoxy) is 1. The predicted octanol–water partition coefficient (Wildman–Crippen LogP) is 3.76. The number of hydrogen-bond donors (Lipinski definition) is 1. The molecule has 0 aliphatic heterocycles. The Balaban J connectivity index is 2.04. The van der Waals surface area contributed by atoms with E-state index in [4.69, 9.17) is 9.15 Å². The van der Waals surface area contributed by atoms with Crippen LogP contribution in [0.15, 0.2) is 34.7 Å². The van der Waals surface area contributed by atoms with E-state index < -0.39 is 0 Å². The summed E-state index contributed by atoms with van der Waals surface area (Å²) in [6.45, 7) is 6.90. The zero-order valence-electron chi connectivity index (χ0n) is 12.0. The van der Waals surface area contributed by atoms with Gasteiger partial charge in [0, 0.05) is 23.7 Å². The first-order chi connectivity index (χ1) is 9.11. The largest absolute Gasteiger partial charge is 0.496 e. The van der Waals surface area contributed by atoms with Crippen LogP contribution in [-0.4, -0.2) is 7.11 Å². The van der Waals surface area contributed by atoms with Crippen molar-refractivity contribution in [2.45, 2.75) is 33.4 Å². The van der Waals surface area contributed by atoms with Gasteiger partial charge in [0.15, 0.2) is 0 Å². The molecule has 1 aromatic heterocycles. The highest BCUT2D eigenvalue weighted by Crippen LogP contribution is 2.23. The number of rotatable bonds is 5. The van der Waals surface area contributed by atoms with Gasteiger partial charge in [-0.2, -0.15) is 0 Å². The second-order valence-corrected chi connectivity index (χ2v) is 4.78. The van der Waals surface area contributed by atoms with Gasteiger partial charge in [-0.15, -0.1) is 0 Å². The maximum atomic E-state index is 5.57. The van der Waals surface area contributed by atoms with Crippen LogP contribution in [-0.2, 0) is 6.54 Å². The van der Waals surface area contributed by atoms with E-state index in [1.165, 1.54) is 5.56 Å². The van der Waals surface area contributed by atoms with Gasteiger partial charge in [0.05, 0.1) is 7.11 Å². The lowest BCUT2D eigenvalue weighted by atomic mass is 10.1. The zero-order valence-corrected chi connectivity index (χ0v) is 12.0. The molecule has 0 saturated heterocycles. The summed E-state index contributed by atoms with van der Waals surface area (Å²) in [6.07, 6.45) is 0. The molecule has 19 heavy (non-hydrogen) atoms. The van der Waals surface area contributed by atoms with Crippen molar-refractivity contribution in [2.24, 2.45) is 0 Å². The molecule has 2 rings (SSSR count). The molecule has 3 nitrogen and oxygen atoms in total. The minimum Gasteiger partial charge on any atom is -0.496 e. The third kappa shape index (κ3) is 3.18. The number of para-hydroxylation sites is 1. The smallest absolute Gasteiger partial charge is 0.123 e. The van der Waals surface area contributed by atoms with Crippen molar-refractivity contribution < 1.29 is 9.15 Å². The molecule has 1 N–H and O–H groups in total. The summed E-state index contributed by atoms with van der Waals surface area (Å²) >= 11 is 0. The molecule has 3 heteroatoms. The highest BCUT2D eigenvalue weighted by atomic mass is 16.5. The number of aryl methyl sites for hydroxylation is 2. The van der Waals surface area contributed by atoms with Crippen LogP contribution in [0, 0.1) is 13.8 Å². The fourth-order valence-corrected chi connectivity index (χ4v) is 2.30. The predicted molar refractivity (Wildman–Crippen MR) is 76.4 cm³/mol. The van der Waals surface area contributed by atoms with Gasteiger partial charge in [0.2, 0.25) is 0 Å². The molecule has 0 aliphatic carbocycles. The van der Waals surface area contributed by atoms with Gasteiger partial charge < -0.3 is 14.5 Å². The summed E-state index contributed by atoms with van der Waals surface area (Å²) < 4.78 is 10.9. The number of methoxy groups -OCH3 is 1. The summed E-state index contributed by atoms with van der Waals surface area (Å²) in [6, 6.07) is 10.4. The molecular weight excluding hydrogens is 238 g/mol.